The molecule has 2 unspecified atom stereocenters. The third-order valence-corrected chi connectivity index (χ3v) is 7.33. The Morgan fingerprint density at radius 3 is 2.39 bits per heavy atom. The smallest absolute Gasteiger partial charge is 0.383 e. The number of nitrogens with one attached hydrogen (secondary N) is 3. The van der Waals surface area contributed by atoms with Gasteiger partial charge in [0.15, 0.2) is 0 Å². The summed E-state index contributed by atoms with van der Waals surface area (Å²) in [5, 5.41) is 9.46. The summed E-state index contributed by atoms with van der Waals surface area (Å²) in [6, 6.07) is 8.39. The van der Waals surface area contributed by atoms with Crippen molar-refractivity contribution in [3.63, 3.8) is 0 Å². The third-order valence-electron chi connectivity index (χ3n) is 7.10. The van der Waals surface area contributed by atoms with E-state index >= 15 is 0 Å². The summed E-state index contributed by atoms with van der Waals surface area (Å²) in [5.74, 6) is -0.494. The van der Waals surface area contributed by atoms with Crippen molar-refractivity contribution in [1.82, 2.24) is 20.9 Å². The second-order valence-electron chi connectivity index (χ2n) is 10.3. The molecule has 8 nitrogen and oxygen atoms in total. The number of ether oxygens (including phenoxy) is 1. The molecule has 12 heteroatoms. The highest BCUT2D eigenvalue weighted by Crippen LogP contribution is 2.33. The monoisotopic (exact) mass is 597 g/mol. The van der Waals surface area contributed by atoms with Gasteiger partial charge in [-0.3, -0.25) is 9.59 Å². The van der Waals surface area contributed by atoms with Crippen LogP contribution in [0, 0.1) is 6.92 Å². The first-order valence-electron chi connectivity index (χ1n) is 13.6. The van der Waals surface area contributed by atoms with Crippen LogP contribution in [0.2, 0.25) is 5.02 Å². The number of methoxy groups -OCH3 is 1. The van der Waals surface area contributed by atoms with Crippen LogP contribution in [-0.4, -0.2) is 82.3 Å². The highest BCUT2D eigenvalue weighted by atomic mass is 35.5. The lowest BCUT2D eigenvalue weighted by Crippen LogP contribution is -2.56. The minimum absolute atomic E-state index is 0.0452. The fraction of sp³-hybridized carbons (Fsp3) is 0.517. The van der Waals surface area contributed by atoms with Gasteiger partial charge in [0.05, 0.1) is 18.7 Å². The first kappa shape index (κ1) is 32.7. The molecule has 0 aliphatic carbocycles. The first-order valence-corrected chi connectivity index (χ1v) is 14.0. The van der Waals surface area contributed by atoms with Crippen LogP contribution in [0.5, 0.6) is 0 Å². The quantitative estimate of drug-likeness (QED) is 0.348. The molecule has 1 aliphatic heterocycles. The maximum atomic E-state index is 13.6. The number of piperazine rings is 1. The summed E-state index contributed by atoms with van der Waals surface area (Å²) >= 11 is 6.10. The number of carbonyl (C=O) groups is 2. The molecule has 3 N–H and O–H groups in total. The van der Waals surface area contributed by atoms with E-state index in [1.54, 1.807) is 25.1 Å². The molecule has 0 saturated carbocycles. The van der Waals surface area contributed by atoms with Gasteiger partial charge in [-0.15, -0.1) is 0 Å². The summed E-state index contributed by atoms with van der Waals surface area (Å²) in [7, 11) is 3.23. The second kappa shape index (κ2) is 14.9. The van der Waals surface area contributed by atoms with Crippen LogP contribution in [0.25, 0.3) is 0 Å². The Hall–Kier alpha value is -2.86. The Morgan fingerprint density at radius 2 is 1.78 bits per heavy atom. The van der Waals surface area contributed by atoms with Gasteiger partial charge < -0.3 is 30.5 Å². The van der Waals surface area contributed by atoms with Gasteiger partial charge in [0.25, 0.3) is 0 Å². The van der Waals surface area contributed by atoms with Crippen molar-refractivity contribution >= 4 is 29.1 Å². The number of likely N-dealkylation sites (N-methyl/N-ethyl adjacent to an activating group) is 1. The number of nitrogens with zero attached hydrogens (tertiary/aromatic N) is 2. The van der Waals surface area contributed by atoms with Gasteiger partial charge >= 0.3 is 6.18 Å². The van der Waals surface area contributed by atoms with Crippen molar-refractivity contribution in [2.75, 3.05) is 58.4 Å². The first-order chi connectivity index (χ1) is 19.4. The van der Waals surface area contributed by atoms with Crippen molar-refractivity contribution in [2.45, 2.75) is 45.1 Å². The minimum Gasteiger partial charge on any atom is -0.383 e. The number of halogens is 4. The van der Waals surface area contributed by atoms with Crippen LogP contribution in [0.1, 0.15) is 29.2 Å². The van der Waals surface area contributed by atoms with E-state index in [4.69, 9.17) is 16.3 Å². The van der Waals surface area contributed by atoms with Crippen LogP contribution in [0.4, 0.5) is 18.9 Å². The van der Waals surface area contributed by atoms with Crippen molar-refractivity contribution in [3.8, 4) is 0 Å². The van der Waals surface area contributed by atoms with Gasteiger partial charge in [-0.05, 0) is 67.9 Å². The number of hydrogen-bond acceptors (Lipinski definition) is 6. The Kier molecular flexibility index (Phi) is 11.8. The molecule has 0 spiro atoms. The van der Waals surface area contributed by atoms with Crippen LogP contribution in [-0.2, 0) is 33.5 Å². The number of alkyl halides is 3. The Labute approximate surface area is 244 Å². The molecular weight excluding hydrogens is 559 g/mol. The number of anilines is 1. The van der Waals surface area contributed by atoms with Gasteiger partial charge in [-0.2, -0.15) is 13.2 Å². The molecule has 2 aromatic carbocycles. The van der Waals surface area contributed by atoms with Gasteiger partial charge in [-0.25, -0.2) is 0 Å². The predicted octanol–water partition coefficient (Wildman–Crippen LogP) is 3.39. The minimum atomic E-state index is -4.45. The van der Waals surface area contributed by atoms with Crippen molar-refractivity contribution in [3.05, 3.63) is 63.7 Å². The van der Waals surface area contributed by atoms with E-state index in [1.807, 2.05) is 30.9 Å². The summed E-state index contributed by atoms with van der Waals surface area (Å²) in [6.45, 7) is 6.16. The van der Waals surface area contributed by atoms with Crippen molar-refractivity contribution in [1.29, 1.82) is 0 Å². The Morgan fingerprint density at radius 1 is 1.07 bits per heavy atom. The lowest BCUT2D eigenvalue weighted by Gasteiger charge is -2.38. The fourth-order valence-electron chi connectivity index (χ4n) is 4.91. The molecule has 0 bridgehead atoms. The average molecular weight is 598 g/mol. The number of aryl methyl sites for hydroxylation is 1. The highest BCUT2D eigenvalue weighted by Gasteiger charge is 2.33. The molecule has 2 atom stereocenters. The summed E-state index contributed by atoms with van der Waals surface area (Å²) in [5.41, 5.74) is 2.34. The number of rotatable bonds is 12. The highest BCUT2D eigenvalue weighted by molar-refractivity contribution is 6.30. The van der Waals surface area contributed by atoms with Crippen LogP contribution in [0.15, 0.2) is 36.4 Å². The van der Waals surface area contributed by atoms with E-state index in [9.17, 15) is 22.8 Å². The molecule has 1 fully saturated rings. The maximum Gasteiger partial charge on any atom is 0.416 e. The zero-order chi connectivity index (χ0) is 30.2. The number of hydrogen-bond donors (Lipinski definition) is 3. The molecule has 1 saturated heterocycles. The molecule has 41 heavy (non-hydrogen) atoms. The number of benzene rings is 2. The molecule has 2 amide bonds. The van der Waals surface area contributed by atoms with E-state index in [2.05, 4.69) is 16.0 Å². The number of carbonyl (C=O) groups excluding carboxylic acids is 2. The third kappa shape index (κ3) is 9.32. The molecular formula is C29H39ClF3N5O3. The standard InChI is InChI=1S/C29H39ClF3N5O3/c1-19-13-24(30)7-5-21(19)15-25(36-27(39)17-34-3)28(40)38-11-9-37(10-12-38)26-8-6-23(29(31,32)33)14-22(26)16-35-20(2)18-41-4/h5-8,13-14,20,25,34-35H,9-12,15-18H2,1-4H3,(H,36,39). The molecule has 1 aliphatic rings. The molecule has 0 radical (unpaired) electrons. The summed E-state index contributed by atoms with van der Waals surface area (Å²) in [4.78, 5) is 29.8. The molecule has 226 valence electrons. The van der Waals surface area contributed by atoms with Crippen molar-refractivity contribution in [2.24, 2.45) is 0 Å². The van der Waals surface area contributed by atoms with Crippen LogP contribution in [0.3, 0.4) is 0 Å². The van der Waals surface area contributed by atoms with Crippen LogP contribution >= 0.6 is 11.6 Å². The average Bonchev–Trinajstić information content (AvgIpc) is 2.92. The molecule has 3 rings (SSSR count). The van der Waals surface area contributed by atoms with E-state index in [0.717, 1.165) is 17.2 Å². The predicted molar refractivity (Wildman–Crippen MR) is 154 cm³/mol. The van der Waals surface area contributed by atoms with E-state index < -0.39 is 17.8 Å². The molecule has 0 aromatic heterocycles. The topological polar surface area (TPSA) is 85.9 Å². The Balaban J connectivity index is 1.75. The second-order valence-corrected chi connectivity index (χ2v) is 10.8. The molecule has 2 aromatic rings. The van der Waals surface area contributed by atoms with E-state index in [-0.39, 0.29) is 30.9 Å². The van der Waals surface area contributed by atoms with Gasteiger partial charge in [0.2, 0.25) is 11.8 Å². The van der Waals surface area contributed by atoms with Gasteiger partial charge in [0, 0.05) is 63.0 Å². The SMILES string of the molecule is CNCC(=O)NC(Cc1ccc(Cl)cc1C)C(=O)N1CCN(c2ccc(C(F)(F)F)cc2CNC(C)COC)CC1. The number of amides is 2. The lowest BCUT2D eigenvalue weighted by atomic mass is 9.99. The fourth-order valence-corrected chi connectivity index (χ4v) is 5.13. The van der Waals surface area contributed by atoms with Crippen LogP contribution < -0.4 is 20.9 Å². The van der Waals surface area contributed by atoms with Gasteiger partial charge in [0.1, 0.15) is 6.04 Å². The lowest BCUT2D eigenvalue weighted by molar-refractivity contribution is -0.137. The van der Waals surface area contributed by atoms with E-state index in [1.165, 1.54) is 12.1 Å². The van der Waals surface area contributed by atoms with Crippen molar-refractivity contribution < 1.29 is 27.5 Å². The zero-order valence-corrected chi connectivity index (χ0v) is 24.7. The normalized spacial score (nSPS) is 15.5. The summed E-state index contributed by atoms with van der Waals surface area (Å²) < 4.78 is 45.6. The largest absolute Gasteiger partial charge is 0.416 e. The van der Waals surface area contributed by atoms with E-state index in [0.29, 0.717) is 55.5 Å². The Bertz CT molecular complexity index is 1190. The summed E-state index contributed by atoms with van der Waals surface area (Å²) in [6.07, 6.45) is -4.14. The zero-order valence-electron chi connectivity index (χ0n) is 23.9. The maximum absolute atomic E-state index is 13.6. The molecule has 1 heterocycles. The van der Waals surface area contributed by atoms with Gasteiger partial charge in [-0.1, -0.05) is 17.7 Å².